The molecule has 0 aliphatic heterocycles. The number of hydrogen-bond acceptors (Lipinski definition) is 3. The molecule has 3 rings (SSSR count). The van der Waals surface area contributed by atoms with Crippen molar-refractivity contribution in [1.29, 1.82) is 0 Å². The highest BCUT2D eigenvalue weighted by Gasteiger charge is 2.31. The third-order valence-corrected chi connectivity index (χ3v) is 4.81. The van der Waals surface area contributed by atoms with Gasteiger partial charge in [-0.15, -0.1) is 0 Å². The summed E-state index contributed by atoms with van der Waals surface area (Å²) in [6, 6.07) is 15.1. The molecule has 140 valence electrons. The molecule has 0 atom stereocenters. The molecule has 5 heteroatoms. The van der Waals surface area contributed by atoms with Crippen LogP contribution in [0.15, 0.2) is 54.6 Å². The highest BCUT2D eigenvalue weighted by atomic mass is 16.6. The molecular weight excluding hydrogens is 340 g/mol. The predicted octanol–water partition coefficient (Wildman–Crippen LogP) is 4.92. The molecule has 2 aromatic carbocycles. The van der Waals surface area contributed by atoms with E-state index in [4.69, 9.17) is 0 Å². The number of nitro benzene ring substituents is 1. The Bertz CT molecular complexity index is 852. The Morgan fingerprint density at radius 1 is 1.19 bits per heavy atom. The summed E-state index contributed by atoms with van der Waals surface area (Å²) in [7, 11) is 0. The van der Waals surface area contributed by atoms with Crippen LogP contribution in [0, 0.1) is 10.1 Å². The van der Waals surface area contributed by atoms with Crippen LogP contribution < -0.4 is 0 Å². The lowest BCUT2D eigenvalue weighted by Crippen LogP contribution is -2.31. The molecule has 0 bridgehead atoms. The molecule has 0 spiro atoms. The lowest BCUT2D eigenvalue weighted by atomic mass is 10.0. The van der Waals surface area contributed by atoms with Crippen molar-refractivity contribution < 1.29 is 9.72 Å². The predicted molar refractivity (Wildman–Crippen MR) is 106 cm³/mol. The van der Waals surface area contributed by atoms with E-state index in [0.717, 1.165) is 18.4 Å². The fourth-order valence-electron chi connectivity index (χ4n) is 3.03. The highest BCUT2D eigenvalue weighted by molar-refractivity contribution is 5.92. The first-order chi connectivity index (χ1) is 13.0. The molecule has 5 nitrogen and oxygen atoms in total. The van der Waals surface area contributed by atoms with Crippen LogP contribution in [-0.4, -0.2) is 21.8 Å². The van der Waals surface area contributed by atoms with Gasteiger partial charge in [0.25, 0.3) is 5.69 Å². The van der Waals surface area contributed by atoms with E-state index in [2.05, 4.69) is 38.1 Å². The summed E-state index contributed by atoms with van der Waals surface area (Å²) in [5, 5.41) is 11.1. The number of para-hydroxylation sites is 1. The minimum atomic E-state index is -0.431. The zero-order valence-electron chi connectivity index (χ0n) is 15.7. The van der Waals surface area contributed by atoms with Gasteiger partial charge in [-0.1, -0.05) is 50.2 Å². The fraction of sp³-hybridized carbons (Fsp3) is 0.318. The highest BCUT2D eigenvalue weighted by Crippen LogP contribution is 2.29. The Morgan fingerprint density at radius 2 is 1.85 bits per heavy atom. The van der Waals surface area contributed by atoms with Gasteiger partial charge >= 0.3 is 0 Å². The largest absolute Gasteiger partial charge is 0.332 e. The van der Waals surface area contributed by atoms with E-state index in [1.165, 1.54) is 23.8 Å². The first-order valence-corrected chi connectivity index (χ1v) is 9.26. The molecule has 0 radical (unpaired) electrons. The standard InChI is InChI=1S/C22H24N2O3/c1-16(2)18-9-7-17(8-10-18)15-23(20-12-13-20)22(25)14-11-19-5-3-4-6-21(19)24(26)27/h3-11,14,16,20H,12-13,15H2,1-2H3/b14-11+. The Labute approximate surface area is 159 Å². The molecular formula is C22H24N2O3. The second kappa shape index (κ2) is 8.16. The van der Waals surface area contributed by atoms with E-state index in [1.54, 1.807) is 18.2 Å². The Hall–Kier alpha value is -2.95. The molecule has 1 fully saturated rings. The fourth-order valence-corrected chi connectivity index (χ4v) is 3.03. The molecule has 1 aliphatic rings. The molecule has 0 saturated heterocycles. The summed E-state index contributed by atoms with van der Waals surface area (Å²) in [6.07, 6.45) is 5.01. The van der Waals surface area contributed by atoms with E-state index < -0.39 is 4.92 Å². The summed E-state index contributed by atoms with van der Waals surface area (Å²) in [5.41, 5.74) is 2.81. The monoisotopic (exact) mass is 364 g/mol. The van der Waals surface area contributed by atoms with Crippen molar-refractivity contribution in [3.8, 4) is 0 Å². The minimum absolute atomic E-state index is 0.00351. The lowest BCUT2D eigenvalue weighted by Gasteiger charge is -2.21. The van der Waals surface area contributed by atoms with Gasteiger partial charge in [-0.05, 0) is 42.0 Å². The Balaban J connectivity index is 1.74. The van der Waals surface area contributed by atoms with Crippen molar-refractivity contribution in [2.45, 2.75) is 45.2 Å². The van der Waals surface area contributed by atoms with E-state index >= 15 is 0 Å². The number of carbonyl (C=O) groups is 1. The van der Waals surface area contributed by atoms with Crippen molar-refractivity contribution in [3.05, 3.63) is 81.4 Å². The number of benzene rings is 2. The summed E-state index contributed by atoms with van der Waals surface area (Å²) in [4.78, 5) is 25.3. The quantitative estimate of drug-likeness (QED) is 0.398. The average molecular weight is 364 g/mol. The molecule has 0 N–H and O–H groups in total. The molecule has 0 aromatic heterocycles. The molecule has 0 heterocycles. The summed E-state index contributed by atoms with van der Waals surface area (Å²) in [5.74, 6) is 0.369. The van der Waals surface area contributed by atoms with Gasteiger partial charge in [0.1, 0.15) is 0 Å². The number of carbonyl (C=O) groups excluding carboxylic acids is 1. The topological polar surface area (TPSA) is 63.5 Å². The molecule has 1 aliphatic carbocycles. The second-order valence-corrected chi connectivity index (χ2v) is 7.24. The first-order valence-electron chi connectivity index (χ1n) is 9.26. The average Bonchev–Trinajstić information content (AvgIpc) is 3.49. The van der Waals surface area contributed by atoms with E-state index in [0.29, 0.717) is 18.0 Å². The van der Waals surface area contributed by atoms with Gasteiger partial charge in [0, 0.05) is 24.7 Å². The summed E-state index contributed by atoms with van der Waals surface area (Å²) in [6.45, 7) is 4.87. The van der Waals surface area contributed by atoms with Gasteiger partial charge in [0.05, 0.1) is 10.5 Å². The van der Waals surface area contributed by atoms with Crippen molar-refractivity contribution in [1.82, 2.24) is 4.90 Å². The maximum absolute atomic E-state index is 12.7. The van der Waals surface area contributed by atoms with Crippen LogP contribution in [0.3, 0.4) is 0 Å². The number of hydrogen-bond donors (Lipinski definition) is 0. The zero-order chi connectivity index (χ0) is 19.4. The van der Waals surface area contributed by atoms with E-state index in [9.17, 15) is 14.9 Å². The van der Waals surface area contributed by atoms with Gasteiger partial charge in [-0.25, -0.2) is 0 Å². The molecule has 0 unspecified atom stereocenters. The molecule has 2 aromatic rings. The second-order valence-electron chi connectivity index (χ2n) is 7.24. The Kier molecular flexibility index (Phi) is 5.69. The third-order valence-electron chi connectivity index (χ3n) is 4.81. The summed E-state index contributed by atoms with van der Waals surface area (Å²) >= 11 is 0. The smallest absolute Gasteiger partial charge is 0.276 e. The van der Waals surface area contributed by atoms with Crippen LogP contribution in [0.4, 0.5) is 5.69 Å². The van der Waals surface area contributed by atoms with Crippen molar-refractivity contribution in [2.24, 2.45) is 0 Å². The molecule has 1 amide bonds. The van der Waals surface area contributed by atoms with Crippen molar-refractivity contribution in [3.63, 3.8) is 0 Å². The first kappa shape index (κ1) is 18.8. The van der Waals surface area contributed by atoms with Gasteiger partial charge < -0.3 is 4.90 Å². The van der Waals surface area contributed by atoms with Crippen LogP contribution in [0.1, 0.15) is 49.3 Å². The SMILES string of the molecule is CC(C)c1ccc(CN(C(=O)/C=C/c2ccccc2[N+](=O)[O-])C2CC2)cc1. The van der Waals surface area contributed by atoms with Crippen molar-refractivity contribution >= 4 is 17.7 Å². The van der Waals surface area contributed by atoms with Gasteiger partial charge in [-0.3, -0.25) is 14.9 Å². The zero-order valence-corrected chi connectivity index (χ0v) is 15.7. The maximum atomic E-state index is 12.7. The number of nitro groups is 1. The van der Waals surface area contributed by atoms with Crippen molar-refractivity contribution in [2.75, 3.05) is 0 Å². The van der Waals surface area contributed by atoms with Crippen LogP contribution in [0.2, 0.25) is 0 Å². The van der Waals surface area contributed by atoms with Gasteiger partial charge in [0.15, 0.2) is 0 Å². The third kappa shape index (κ3) is 4.82. The summed E-state index contributed by atoms with van der Waals surface area (Å²) < 4.78 is 0. The van der Waals surface area contributed by atoms with Gasteiger partial charge in [-0.2, -0.15) is 0 Å². The van der Waals surface area contributed by atoms with E-state index in [-0.39, 0.29) is 17.6 Å². The van der Waals surface area contributed by atoms with Crippen LogP contribution in [0.5, 0.6) is 0 Å². The molecule has 1 saturated carbocycles. The number of amides is 1. The number of nitrogens with zero attached hydrogens (tertiary/aromatic N) is 2. The Morgan fingerprint density at radius 3 is 2.44 bits per heavy atom. The van der Waals surface area contributed by atoms with Crippen LogP contribution >= 0.6 is 0 Å². The lowest BCUT2D eigenvalue weighted by molar-refractivity contribution is -0.385. The molecule has 27 heavy (non-hydrogen) atoms. The normalized spacial score (nSPS) is 13.9. The maximum Gasteiger partial charge on any atom is 0.276 e. The van der Waals surface area contributed by atoms with E-state index in [1.807, 2.05) is 4.90 Å². The van der Waals surface area contributed by atoms with Crippen LogP contribution in [0.25, 0.3) is 6.08 Å². The van der Waals surface area contributed by atoms with Gasteiger partial charge in [0.2, 0.25) is 5.91 Å². The minimum Gasteiger partial charge on any atom is -0.332 e. The number of rotatable bonds is 7. The van der Waals surface area contributed by atoms with Crippen LogP contribution in [-0.2, 0) is 11.3 Å².